The van der Waals surface area contributed by atoms with Crippen LogP contribution in [0.3, 0.4) is 0 Å². The van der Waals surface area contributed by atoms with Crippen LogP contribution in [-0.2, 0) is 10.8 Å². The van der Waals surface area contributed by atoms with Crippen molar-refractivity contribution in [1.29, 1.82) is 0 Å². The molecule has 0 saturated heterocycles. The van der Waals surface area contributed by atoms with E-state index in [1.807, 2.05) is 0 Å². The molecule has 10 aromatic rings. The van der Waals surface area contributed by atoms with E-state index in [0.717, 1.165) is 73.8 Å². The van der Waals surface area contributed by atoms with Crippen LogP contribution in [0, 0.1) is 0 Å². The van der Waals surface area contributed by atoms with Gasteiger partial charge in [-0.1, -0.05) is 145 Å². The highest BCUT2D eigenvalue weighted by atomic mass is 16.5. The van der Waals surface area contributed by atoms with Crippen molar-refractivity contribution in [3.05, 3.63) is 199 Å². The van der Waals surface area contributed by atoms with Crippen molar-refractivity contribution >= 4 is 102 Å². The number of para-hydroxylation sites is 3. The molecule has 14 rings (SSSR count). The normalized spacial score (nSPS) is 14.1. The molecule has 4 aliphatic rings. The lowest BCUT2D eigenvalue weighted by Crippen LogP contribution is -2.59. The van der Waals surface area contributed by atoms with Gasteiger partial charge in [0.2, 0.25) is 0 Å². The van der Waals surface area contributed by atoms with Crippen LogP contribution in [0.2, 0.25) is 0 Å². The van der Waals surface area contributed by atoms with Crippen LogP contribution in [-0.4, -0.2) is 18.0 Å². The number of fused-ring (bicyclic) bond motifs is 11. The van der Waals surface area contributed by atoms with Gasteiger partial charge in [-0.05, 0) is 140 Å². The van der Waals surface area contributed by atoms with Crippen LogP contribution in [0.15, 0.2) is 188 Å². The van der Waals surface area contributed by atoms with Gasteiger partial charge in [0.1, 0.15) is 23.0 Å². The smallest absolute Gasteiger partial charge is 0.256 e. The second kappa shape index (κ2) is 14.3. The van der Waals surface area contributed by atoms with Crippen LogP contribution in [0.4, 0.5) is 34.1 Å². The SMILES string of the molecule is CC(C)(C)c1ccc(N2c3cc4c(cc3B3c5ccccc5Oc5cccc2c53)c2cc3c(cc2n4-c2ccccc2)N(c2ccc(C(C)(C)C)cc2)c2cccc4c2B3c2ccccc2O4)cc1. The molecule has 0 bridgehead atoms. The summed E-state index contributed by atoms with van der Waals surface area (Å²) < 4.78 is 16.1. The Bertz CT molecular complexity index is 3540. The molecule has 0 spiro atoms. The zero-order valence-corrected chi connectivity index (χ0v) is 39.7. The van der Waals surface area contributed by atoms with Crippen LogP contribution in [0.5, 0.6) is 23.0 Å². The fourth-order valence-electron chi connectivity index (χ4n) is 11.9. The summed E-state index contributed by atoms with van der Waals surface area (Å²) >= 11 is 0. The minimum Gasteiger partial charge on any atom is -0.458 e. The molecular formula is C62H49B2N3O2. The van der Waals surface area contributed by atoms with Gasteiger partial charge in [-0.25, -0.2) is 0 Å². The molecule has 7 heteroatoms. The summed E-state index contributed by atoms with van der Waals surface area (Å²) in [6.07, 6.45) is 0. The van der Waals surface area contributed by atoms with E-state index < -0.39 is 0 Å². The van der Waals surface area contributed by atoms with Gasteiger partial charge in [-0.3, -0.25) is 0 Å². The highest BCUT2D eigenvalue weighted by Crippen LogP contribution is 2.47. The third kappa shape index (κ3) is 5.86. The number of ether oxygens (including phenoxy) is 2. The van der Waals surface area contributed by atoms with Crippen molar-refractivity contribution in [3.8, 4) is 28.7 Å². The molecular weight excluding hydrogens is 840 g/mol. The molecule has 330 valence electrons. The number of aromatic nitrogens is 1. The third-order valence-corrected chi connectivity index (χ3v) is 15.2. The lowest BCUT2D eigenvalue weighted by Gasteiger charge is -2.40. The largest absolute Gasteiger partial charge is 0.458 e. The van der Waals surface area contributed by atoms with Crippen LogP contribution >= 0.6 is 0 Å². The fourth-order valence-corrected chi connectivity index (χ4v) is 11.9. The first kappa shape index (κ1) is 40.2. The minimum absolute atomic E-state index is 0.0238. The van der Waals surface area contributed by atoms with Crippen LogP contribution < -0.4 is 52.1 Å². The maximum absolute atomic E-state index is 6.79. The molecule has 69 heavy (non-hydrogen) atoms. The summed E-state index contributed by atoms with van der Waals surface area (Å²) in [6.45, 7) is 13.6. The van der Waals surface area contributed by atoms with Gasteiger partial charge in [0.15, 0.2) is 0 Å². The zero-order chi connectivity index (χ0) is 46.5. The van der Waals surface area contributed by atoms with Gasteiger partial charge in [0.25, 0.3) is 13.4 Å². The van der Waals surface area contributed by atoms with Gasteiger partial charge in [-0.15, -0.1) is 0 Å². The van der Waals surface area contributed by atoms with Crippen molar-refractivity contribution in [1.82, 2.24) is 4.57 Å². The topological polar surface area (TPSA) is 29.9 Å². The van der Waals surface area contributed by atoms with E-state index in [1.54, 1.807) is 0 Å². The first-order valence-electron chi connectivity index (χ1n) is 24.3. The number of nitrogens with zero attached hydrogens (tertiary/aromatic N) is 3. The van der Waals surface area contributed by atoms with E-state index in [2.05, 4.69) is 244 Å². The van der Waals surface area contributed by atoms with Crippen LogP contribution in [0.25, 0.3) is 27.5 Å². The molecule has 0 atom stereocenters. The number of hydrogen-bond donors (Lipinski definition) is 0. The number of rotatable bonds is 3. The molecule has 0 N–H and O–H groups in total. The minimum atomic E-state index is -0.0400. The standard InChI is InChI=1S/C62H49B2N3O2/c1-61(2,3)38-26-30-41(31-27-38)65-49-20-14-24-57-59(49)63(45-18-10-12-22-55(45)68-57)47-34-43-44-35-48-54(37-52(44)67(51(43)36-53(47)65)40-16-8-7-9-17-40)66(42-32-28-39(29-33-42)62(4,5)6)50-21-15-25-58-60(50)64(48)46-19-11-13-23-56(46)69-58/h7-37H,1-6H3. The lowest BCUT2D eigenvalue weighted by atomic mass is 9.34. The summed E-state index contributed by atoms with van der Waals surface area (Å²) in [5, 5.41) is 2.42. The van der Waals surface area contributed by atoms with Crippen molar-refractivity contribution in [2.24, 2.45) is 0 Å². The van der Waals surface area contributed by atoms with Crippen molar-refractivity contribution in [2.45, 2.75) is 52.4 Å². The molecule has 5 nitrogen and oxygen atoms in total. The Hall–Kier alpha value is -7.89. The Morgan fingerprint density at radius 3 is 1.19 bits per heavy atom. The average molecular weight is 890 g/mol. The molecule has 0 saturated carbocycles. The number of hydrogen-bond acceptors (Lipinski definition) is 4. The quantitative estimate of drug-likeness (QED) is 0.165. The van der Waals surface area contributed by atoms with E-state index in [4.69, 9.17) is 9.47 Å². The predicted octanol–water partition coefficient (Wildman–Crippen LogP) is 12.2. The molecule has 0 fully saturated rings. The summed E-state index contributed by atoms with van der Waals surface area (Å²) in [7, 11) is 0. The fraction of sp³-hybridized carbons (Fsp3) is 0.129. The van der Waals surface area contributed by atoms with Gasteiger partial charge < -0.3 is 23.8 Å². The maximum atomic E-state index is 6.79. The summed E-state index contributed by atoms with van der Waals surface area (Å²) in [6, 6.07) is 69.6. The van der Waals surface area contributed by atoms with E-state index in [1.165, 1.54) is 54.7 Å². The highest BCUT2D eigenvalue weighted by molar-refractivity contribution is 7.00. The van der Waals surface area contributed by atoms with Crippen molar-refractivity contribution in [2.75, 3.05) is 9.80 Å². The van der Waals surface area contributed by atoms with Gasteiger partial charge in [-0.2, -0.15) is 0 Å². The molecule has 0 aliphatic carbocycles. The lowest BCUT2D eigenvalue weighted by molar-refractivity contribution is 0.487. The van der Waals surface area contributed by atoms with E-state index in [-0.39, 0.29) is 24.3 Å². The summed E-state index contributed by atoms with van der Waals surface area (Å²) in [5.74, 6) is 3.63. The first-order valence-corrected chi connectivity index (χ1v) is 24.3. The zero-order valence-electron chi connectivity index (χ0n) is 39.7. The van der Waals surface area contributed by atoms with Gasteiger partial charge in [0.05, 0.1) is 11.0 Å². The number of benzene rings is 9. The highest BCUT2D eigenvalue weighted by Gasteiger charge is 2.44. The summed E-state index contributed by atoms with van der Waals surface area (Å²) in [5.41, 5.74) is 20.2. The molecule has 1 aromatic heterocycles. The second-order valence-electron chi connectivity index (χ2n) is 21.3. The third-order valence-electron chi connectivity index (χ3n) is 15.2. The van der Waals surface area contributed by atoms with Crippen molar-refractivity contribution < 1.29 is 9.47 Å². The van der Waals surface area contributed by atoms with Crippen LogP contribution in [0.1, 0.15) is 52.7 Å². The second-order valence-corrected chi connectivity index (χ2v) is 21.3. The maximum Gasteiger partial charge on any atom is 0.256 e. The Kier molecular flexibility index (Phi) is 8.34. The molecule has 4 aliphatic heterocycles. The molecule has 0 unspecified atom stereocenters. The number of anilines is 6. The molecule has 9 aromatic carbocycles. The molecule has 5 heterocycles. The van der Waals surface area contributed by atoms with Gasteiger partial charge in [0, 0.05) is 50.6 Å². The Balaban J connectivity index is 1.10. The van der Waals surface area contributed by atoms with Crippen molar-refractivity contribution in [3.63, 3.8) is 0 Å². The Labute approximate surface area is 404 Å². The van der Waals surface area contributed by atoms with E-state index in [9.17, 15) is 0 Å². The first-order chi connectivity index (χ1) is 33.5. The van der Waals surface area contributed by atoms with E-state index in [0.29, 0.717) is 0 Å². The average Bonchev–Trinajstić information content (AvgIpc) is 3.66. The molecule has 0 amide bonds. The van der Waals surface area contributed by atoms with E-state index >= 15 is 0 Å². The van der Waals surface area contributed by atoms with Gasteiger partial charge >= 0.3 is 0 Å². The Morgan fingerprint density at radius 1 is 0.348 bits per heavy atom. The Morgan fingerprint density at radius 2 is 0.754 bits per heavy atom. The predicted molar refractivity (Wildman–Crippen MR) is 290 cm³/mol. The molecule has 0 radical (unpaired) electrons. The monoisotopic (exact) mass is 889 g/mol. The summed E-state index contributed by atoms with van der Waals surface area (Å²) in [4.78, 5) is 4.96.